The quantitative estimate of drug-likeness (QED) is 0.645. The van der Waals surface area contributed by atoms with Crippen LogP contribution in [0.15, 0.2) is 33.7 Å². The summed E-state index contributed by atoms with van der Waals surface area (Å²) >= 11 is 0. The Morgan fingerprint density at radius 1 is 1.35 bits per heavy atom. The first-order chi connectivity index (χ1) is 9.45. The van der Waals surface area contributed by atoms with Crippen molar-refractivity contribution in [1.29, 1.82) is 0 Å². The Morgan fingerprint density at radius 2 is 2.05 bits per heavy atom. The Labute approximate surface area is 112 Å². The lowest BCUT2D eigenvalue weighted by Crippen LogP contribution is -2.33. The molecule has 104 valence electrons. The van der Waals surface area contributed by atoms with Crippen molar-refractivity contribution in [2.75, 3.05) is 0 Å². The second kappa shape index (κ2) is 5.24. The molecule has 0 aliphatic rings. The lowest BCUT2D eigenvalue weighted by Gasteiger charge is -2.15. The first-order valence-corrected chi connectivity index (χ1v) is 5.61. The maximum atomic E-state index is 11.9. The minimum atomic E-state index is -1.80. The highest BCUT2D eigenvalue weighted by atomic mass is 16.3. The molecule has 1 aromatic heterocycles. The molecular weight excluding hydrogens is 266 g/mol. The lowest BCUT2D eigenvalue weighted by molar-refractivity contribution is -0.131. The fraction of sp³-hybridized carbons (Fsp3) is 0.154. The highest BCUT2D eigenvalue weighted by Crippen LogP contribution is 2.21. The molecule has 0 saturated heterocycles. The van der Waals surface area contributed by atoms with Crippen LogP contribution in [0.5, 0.6) is 0 Å². The minimum Gasteiger partial charge on any atom is -0.463 e. The molecular formula is C13H11NO6. The standard InChI is InChI=1S/C13H11NO6/c14-13(19)12(18)11(17)6-1-2-9-8(3-6)10(16)7(4-15)5-20-9/h1-5,11-12,17-18H,(H2,14,19). The molecule has 2 unspecified atom stereocenters. The Morgan fingerprint density at radius 3 is 2.65 bits per heavy atom. The third-order valence-electron chi connectivity index (χ3n) is 2.88. The zero-order valence-electron chi connectivity index (χ0n) is 10.1. The summed E-state index contributed by atoms with van der Waals surface area (Å²) in [5.41, 5.74) is 4.48. The van der Waals surface area contributed by atoms with Gasteiger partial charge in [-0.15, -0.1) is 0 Å². The molecule has 7 heteroatoms. The van der Waals surface area contributed by atoms with Crippen LogP contribution >= 0.6 is 0 Å². The molecule has 0 aliphatic heterocycles. The first-order valence-electron chi connectivity index (χ1n) is 5.61. The van der Waals surface area contributed by atoms with Crippen LogP contribution < -0.4 is 11.2 Å². The zero-order chi connectivity index (χ0) is 14.9. The second-order valence-corrected chi connectivity index (χ2v) is 4.19. The molecule has 0 spiro atoms. The van der Waals surface area contributed by atoms with E-state index in [1.807, 2.05) is 0 Å². The molecule has 20 heavy (non-hydrogen) atoms. The zero-order valence-corrected chi connectivity index (χ0v) is 10.1. The third kappa shape index (κ3) is 2.31. The van der Waals surface area contributed by atoms with Crippen molar-refractivity contribution in [3.8, 4) is 0 Å². The first kappa shape index (κ1) is 13.9. The van der Waals surface area contributed by atoms with Crippen LogP contribution in [0.3, 0.4) is 0 Å². The van der Waals surface area contributed by atoms with Gasteiger partial charge in [0.05, 0.1) is 10.9 Å². The van der Waals surface area contributed by atoms with Gasteiger partial charge in [-0.1, -0.05) is 6.07 Å². The Kier molecular flexibility index (Phi) is 3.64. The van der Waals surface area contributed by atoms with Crippen LogP contribution in [0, 0.1) is 0 Å². The van der Waals surface area contributed by atoms with Crippen molar-refractivity contribution in [2.24, 2.45) is 5.73 Å². The van der Waals surface area contributed by atoms with Crippen molar-refractivity contribution in [1.82, 2.24) is 0 Å². The van der Waals surface area contributed by atoms with Crippen molar-refractivity contribution >= 4 is 23.2 Å². The third-order valence-corrected chi connectivity index (χ3v) is 2.88. The summed E-state index contributed by atoms with van der Waals surface area (Å²) < 4.78 is 5.09. The number of nitrogens with two attached hydrogens (primary N) is 1. The van der Waals surface area contributed by atoms with E-state index in [0.717, 1.165) is 6.26 Å². The molecule has 1 amide bonds. The number of fused-ring (bicyclic) bond motifs is 1. The number of benzene rings is 1. The molecule has 0 aliphatic carbocycles. The number of primary amides is 1. The summed E-state index contributed by atoms with van der Waals surface area (Å²) in [7, 11) is 0. The van der Waals surface area contributed by atoms with E-state index >= 15 is 0 Å². The smallest absolute Gasteiger partial charge is 0.249 e. The topological polar surface area (TPSA) is 131 Å². The van der Waals surface area contributed by atoms with Crippen molar-refractivity contribution in [3.05, 3.63) is 45.8 Å². The van der Waals surface area contributed by atoms with Gasteiger partial charge in [0.25, 0.3) is 0 Å². The Balaban J connectivity index is 2.58. The van der Waals surface area contributed by atoms with Crippen LogP contribution in [0.2, 0.25) is 0 Å². The van der Waals surface area contributed by atoms with Gasteiger partial charge >= 0.3 is 0 Å². The van der Waals surface area contributed by atoms with Gasteiger partial charge in [0, 0.05) is 0 Å². The molecule has 1 aromatic carbocycles. The molecule has 4 N–H and O–H groups in total. The monoisotopic (exact) mass is 277 g/mol. The number of carbonyl (C=O) groups excluding carboxylic acids is 2. The SMILES string of the molecule is NC(=O)C(O)C(O)c1ccc2occ(C=O)c(=O)c2c1. The highest BCUT2D eigenvalue weighted by Gasteiger charge is 2.24. The Bertz CT molecular complexity index is 735. The number of hydrogen-bond acceptors (Lipinski definition) is 6. The van der Waals surface area contributed by atoms with Gasteiger partial charge in [-0.3, -0.25) is 14.4 Å². The van der Waals surface area contributed by atoms with E-state index in [9.17, 15) is 24.6 Å². The molecule has 0 radical (unpaired) electrons. The summed E-state index contributed by atoms with van der Waals surface area (Å²) in [5, 5.41) is 19.2. The average molecular weight is 277 g/mol. The predicted molar refractivity (Wildman–Crippen MR) is 68.0 cm³/mol. The van der Waals surface area contributed by atoms with Gasteiger partial charge < -0.3 is 20.4 Å². The number of aliphatic hydroxyl groups is 2. The maximum Gasteiger partial charge on any atom is 0.249 e. The van der Waals surface area contributed by atoms with E-state index in [4.69, 9.17) is 10.2 Å². The summed E-state index contributed by atoms with van der Waals surface area (Å²) in [6.45, 7) is 0. The predicted octanol–water partition coefficient (Wildman–Crippen LogP) is -0.515. The van der Waals surface area contributed by atoms with Gasteiger partial charge in [-0.05, 0) is 17.7 Å². The molecule has 7 nitrogen and oxygen atoms in total. The summed E-state index contributed by atoms with van der Waals surface area (Å²) in [6.07, 6.45) is -1.98. The maximum absolute atomic E-state index is 11.9. The molecule has 0 bridgehead atoms. The van der Waals surface area contributed by atoms with E-state index in [1.54, 1.807) is 0 Å². The summed E-state index contributed by atoms with van der Waals surface area (Å²) in [5.74, 6) is -1.09. The van der Waals surface area contributed by atoms with Crippen molar-refractivity contribution in [2.45, 2.75) is 12.2 Å². The molecule has 0 saturated carbocycles. The van der Waals surface area contributed by atoms with E-state index in [0.29, 0.717) is 6.29 Å². The van der Waals surface area contributed by atoms with Crippen LogP contribution in [0.25, 0.3) is 11.0 Å². The van der Waals surface area contributed by atoms with E-state index < -0.39 is 23.5 Å². The molecule has 1 heterocycles. The highest BCUT2D eigenvalue weighted by molar-refractivity contribution is 5.85. The largest absolute Gasteiger partial charge is 0.463 e. The van der Waals surface area contributed by atoms with Crippen LogP contribution in [0.1, 0.15) is 22.0 Å². The summed E-state index contributed by atoms with van der Waals surface area (Å²) in [4.78, 5) is 33.4. The molecule has 0 fully saturated rings. The van der Waals surface area contributed by atoms with Gasteiger partial charge in [0.1, 0.15) is 18.0 Å². The van der Waals surface area contributed by atoms with Gasteiger partial charge in [-0.2, -0.15) is 0 Å². The molecule has 2 aromatic rings. The Hall–Kier alpha value is -2.51. The van der Waals surface area contributed by atoms with E-state index in [2.05, 4.69) is 0 Å². The number of rotatable bonds is 4. The lowest BCUT2D eigenvalue weighted by atomic mass is 10.0. The summed E-state index contributed by atoms with van der Waals surface area (Å²) in [6, 6.07) is 4.01. The minimum absolute atomic E-state index is 0.0582. The van der Waals surface area contributed by atoms with Crippen molar-refractivity contribution < 1.29 is 24.2 Å². The van der Waals surface area contributed by atoms with Gasteiger partial charge in [0.15, 0.2) is 12.4 Å². The number of amides is 1. The van der Waals surface area contributed by atoms with Crippen LogP contribution in [0.4, 0.5) is 0 Å². The normalized spacial score (nSPS) is 13.9. The van der Waals surface area contributed by atoms with E-state index in [1.165, 1.54) is 18.2 Å². The van der Waals surface area contributed by atoms with Gasteiger partial charge in [-0.25, -0.2) is 0 Å². The number of aliphatic hydroxyl groups excluding tert-OH is 2. The second-order valence-electron chi connectivity index (χ2n) is 4.19. The van der Waals surface area contributed by atoms with Gasteiger partial charge in [0.2, 0.25) is 11.3 Å². The van der Waals surface area contributed by atoms with Crippen LogP contribution in [-0.4, -0.2) is 28.5 Å². The van der Waals surface area contributed by atoms with Crippen molar-refractivity contribution in [3.63, 3.8) is 0 Å². The molecule has 2 rings (SSSR count). The molecule has 2 atom stereocenters. The number of carbonyl (C=O) groups is 2. The number of aldehydes is 1. The fourth-order valence-electron chi connectivity index (χ4n) is 1.77. The van der Waals surface area contributed by atoms with Crippen LogP contribution in [-0.2, 0) is 4.79 Å². The fourth-order valence-corrected chi connectivity index (χ4v) is 1.77. The average Bonchev–Trinajstić information content (AvgIpc) is 2.46. The number of hydrogen-bond donors (Lipinski definition) is 3. The van der Waals surface area contributed by atoms with E-state index in [-0.39, 0.29) is 22.1 Å².